The van der Waals surface area contributed by atoms with E-state index in [4.69, 9.17) is 15.3 Å². The van der Waals surface area contributed by atoms with E-state index < -0.39 is 0 Å². The summed E-state index contributed by atoms with van der Waals surface area (Å²) in [6, 6.07) is 2.32. The number of nitrogens with zero attached hydrogens (tertiary/aromatic N) is 3. The van der Waals surface area contributed by atoms with Crippen molar-refractivity contribution in [2.75, 3.05) is 32.2 Å². The Hall–Kier alpha value is -1.44. The third-order valence-electron chi connectivity index (χ3n) is 3.70. The molecule has 0 radical (unpaired) electrons. The zero-order valence-electron chi connectivity index (χ0n) is 12.8. The van der Waals surface area contributed by atoms with E-state index in [1.807, 2.05) is 6.92 Å². The molecule has 1 atom stereocenters. The molecule has 21 heavy (non-hydrogen) atoms. The van der Waals surface area contributed by atoms with Gasteiger partial charge in [0, 0.05) is 18.7 Å². The van der Waals surface area contributed by atoms with E-state index >= 15 is 0 Å². The molecule has 0 bridgehead atoms. The van der Waals surface area contributed by atoms with E-state index in [-0.39, 0.29) is 0 Å². The summed E-state index contributed by atoms with van der Waals surface area (Å²) in [6.45, 7) is 4.73. The number of aromatic nitrogens is 2. The van der Waals surface area contributed by atoms with Crippen LogP contribution in [0.4, 0.5) is 5.82 Å². The van der Waals surface area contributed by atoms with Gasteiger partial charge in [-0.05, 0) is 39.8 Å². The number of rotatable bonds is 8. The lowest BCUT2D eigenvalue weighted by molar-refractivity contribution is 0.127. The Morgan fingerprint density at radius 1 is 1.48 bits per heavy atom. The molecule has 1 saturated heterocycles. The fourth-order valence-corrected chi connectivity index (χ4v) is 2.52. The first-order valence-electron chi connectivity index (χ1n) is 7.48. The molecule has 1 aromatic rings. The van der Waals surface area contributed by atoms with E-state index in [9.17, 15) is 0 Å². The first-order valence-corrected chi connectivity index (χ1v) is 7.48. The number of ether oxygens (including phenoxy) is 2. The number of hydrazine groups is 1. The van der Waals surface area contributed by atoms with Crippen LogP contribution in [0.15, 0.2) is 6.07 Å². The third kappa shape index (κ3) is 4.80. The van der Waals surface area contributed by atoms with Crippen molar-refractivity contribution in [2.45, 2.75) is 38.8 Å². The summed E-state index contributed by atoms with van der Waals surface area (Å²) in [5.74, 6) is 7.06. The highest BCUT2D eigenvalue weighted by molar-refractivity contribution is 5.36. The van der Waals surface area contributed by atoms with E-state index in [1.54, 1.807) is 6.07 Å². The Morgan fingerprint density at radius 3 is 3.00 bits per heavy atom. The predicted molar refractivity (Wildman–Crippen MR) is 80.9 cm³/mol. The van der Waals surface area contributed by atoms with E-state index in [0.717, 1.165) is 6.42 Å². The zero-order valence-corrected chi connectivity index (χ0v) is 12.8. The molecule has 1 aliphatic rings. The molecule has 2 rings (SSSR count). The molecule has 0 spiro atoms. The van der Waals surface area contributed by atoms with Crippen LogP contribution in [0.3, 0.4) is 0 Å². The fourth-order valence-electron chi connectivity index (χ4n) is 2.52. The van der Waals surface area contributed by atoms with Crippen molar-refractivity contribution >= 4 is 5.82 Å². The number of nitrogens with one attached hydrogen (secondary N) is 1. The van der Waals surface area contributed by atoms with Crippen LogP contribution >= 0.6 is 0 Å². The minimum atomic E-state index is 0.355. The summed E-state index contributed by atoms with van der Waals surface area (Å²) < 4.78 is 11.1. The molecule has 7 heteroatoms. The van der Waals surface area contributed by atoms with Gasteiger partial charge in [0.05, 0.1) is 6.61 Å². The Kier molecular flexibility index (Phi) is 6.16. The minimum Gasteiger partial charge on any atom is -0.477 e. The van der Waals surface area contributed by atoms with Gasteiger partial charge in [-0.15, -0.1) is 0 Å². The maximum absolute atomic E-state index is 5.75. The Balaban J connectivity index is 1.88. The van der Waals surface area contributed by atoms with Crippen molar-refractivity contribution in [3.05, 3.63) is 11.9 Å². The summed E-state index contributed by atoms with van der Waals surface area (Å²) in [4.78, 5) is 10.9. The standard InChI is InChI=1S/C14H25N5O2/c1-3-20-10-13-16-12(18-15)9-14(17-13)21-8-6-11-5-4-7-19(11)2/h9,11H,3-8,10,15H2,1-2H3,(H,16,17,18). The molecule has 0 aromatic carbocycles. The molecule has 2 heterocycles. The number of anilines is 1. The normalized spacial score (nSPS) is 18.9. The number of likely N-dealkylation sites (tertiary alicyclic amines) is 1. The largest absolute Gasteiger partial charge is 0.477 e. The lowest BCUT2D eigenvalue weighted by Gasteiger charge is -2.19. The number of nitrogens with two attached hydrogens (primary N) is 1. The van der Waals surface area contributed by atoms with Gasteiger partial charge >= 0.3 is 0 Å². The lowest BCUT2D eigenvalue weighted by atomic mass is 10.1. The number of hydrogen-bond donors (Lipinski definition) is 2. The maximum Gasteiger partial charge on any atom is 0.218 e. The highest BCUT2D eigenvalue weighted by atomic mass is 16.5. The van der Waals surface area contributed by atoms with Crippen molar-refractivity contribution < 1.29 is 9.47 Å². The van der Waals surface area contributed by atoms with Crippen LogP contribution in [-0.4, -0.2) is 47.7 Å². The first kappa shape index (κ1) is 15.9. The zero-order chi connectivity index (χ0) is 15.1. The predicted octanol–water partition coefficient (Wildman–Crippen LogP) is 1.16. The molecule has 0 amide bonds. The van der Waals surface area contributed by atoms with Gasteiger partial charge in [0.15, 0.2) is 5.82 Å². The van der Waals surface area contributed by atoms with Crippen molar-refractivity contribution in [3.8, 4) is 5.88 Å². The number of hydrogen-bond acceptors (Lipinski definition) is 7. The molecule has 0 aliphatic carbocycles. The molecular weight excluding hydrogens is 270 g/mol. The van der Waals surface area contributed by atoms with Crippen LogP contribution in [-0.2, 0) is 11.3 Å². The summed E-state index contributed by atoms with van der Waals surface area (Å²) in [5.41, 5.74) is 2.53. The third-order valence-corrected chi connectivity index (χ3v) is 3.70. The fraction of sp³-hybridized carbons (Fsp3) is 0.714. The molecule has 0 saturated carbocycles. The van der Waals surface area contributed by atoms with E-state index in [0.29, 0.717) is 43.4 Å². The summed E-state index contributed by atoms with van der Waals surface area (Å²) in [7, 11) is 2.17. The van der Waals surface area contributed by atoms with Gasteiger partial charge in [-0.3, -0.25) is 0 Å². The van der Waals surface area contributed by atoms with Crippen molar-refractivity contribution in [2.24, 2.45) is 5.84 Å². The Morgan fingerprint density at radius 2 is 2.33 bits per heavy atom. The van der Waals surface area contributed by atoms with Gasteiger partial charge in [0.25, 0.3) is 0 Å². The van der Waals surface area contributed by atoms with Crippen molar-refractivity contribution in [1.82, 2.24) is 14.9 Å². The first-order chi connectivity index (χ1) is 10.2. The van der Waals surface area contributed by atoms with Crippen LogP contribution < -0.4 is 16.0 Å². The minimum absolute atomic E-state index is 0.355. The van der Waals surface area contributed by atoms with Gasteiger partial charge in [0.1, 0.15) is 12.4 Å². The lowest BCUT2D eigenvalue weighted by Crippen LogP contribution is -2.26. The molecule has 1 aliphatic heterocycles. The average Bonchev–Trinajstić information content (AvgIpc) is 2.90. The van der Waals surface area contributed by atoms with Crippen molar-refractivity contribution in [1.29, 1.82) is 0 Å². The quantitative estimate of drug-likeness (QED) is 0.550. The van der Waals surface area contributed by atoms with Gasteiger partial charge in [-0.25, -0.2) is 10.8 Å². The second kappa shape index (κ2) is 8.11. The summed E-state index contributed by atoms with van der Waals surface area (Å²) in [6.07, 6.45) is 3.52. The van der Waals surface area contributed by atoms with Crippen LogP contribution in [0, 0.1) is 0 Å². The van der Waals surface area contributed by atoms with Crippen LogP contribution in [0.1, 0.15) is 32.0 Å². The molecule has 3 N–H and O–H groups in total. The molecule has 7 nitrogen and oxygen atoms in total. The smallest absolute Gasteiger partial charge is 0.218 e. The molecule has 1 aromatic heterocycles. The number of nitrogen functional groups attached to an aromatic ring is 1. The highest BCUT2D eigenvalue weighted by Gasteiger charge is 2.20. The average molecular weight is 295 g/mol. The highest BCUT2D eigenvalue weighted by Crippen LogP contribution is 2.19. The molecule has 1 unspecified atom stereocenters. The van der Waals surface area contributed by atoms with Gasteiger partial charge in [0.2, 0.25) is 5.88 Å². The molecule has 1 fully saturated rings. The Bertz CT molecular complexity index is 443. The van der Waals surface area contributed by atoms with Crippen LogP contribution in [0.25, 0.3) is 0 Å². The van der Waals surface area contributed by atoms with Gasteiger partial charge in [-0.2, -0.15) is 4.98 Å². The van der Waals surface area contributed by atoms with E-state index in [2.05, 4.69) is 27.3 Å². The monoisotopic (exact) mass is 295 g/mol. The summed E-state index contributed by atoms with van der Waals surface area (Å²) >= 11 is 0. The van der Waals surface area contributed by atoms with Gasteiger partial charge < -0.3 is 19.8 Å². The molecular formula is C14H25N5O2. The molecule has 118 valence electrons. The topological polar surface area (TPSA) is 85.5 Å². The second-order valence-corrected chi connectivity index (χ2v) is 5.20. The van der Waals surface area contributed by atoms with E-state index in [1.165, 1.54) is 19.4 Å². The van der Waals surface area contributed by atoms with Gasteiger partial charge in [-0.1, -0.05) is 0 Å². The SMILES string of the molecule is CCOCc1nc(NN)cc(OCCC2CCCN2C)n1. The Labute approximate surface area is 125 Å². The van der Waals surface area contributed by atoms with Crippen LogP contribution in [0.2, 0.25) is 0 Å². The van der Waals surface area contributed by atoms with Crippen LogP contribution in [0.5, 0.6) is 5.88 Å². The maximum atomic E-state index is 5.75. The second-order valence-electron chi connectivity index (χ2n) is 5.20. The summed E-state index contributed by atoms with van der Waals surface area (Å²) in [5, 5.41) is 0. The van der Waals surface area contributed by atoms with Crippen molar-refractivity contribution in [3.63, 3.8) is 0 Å².